The van der Waals surface area contributed by atoms with Crippen molar-refractivity contribution < 1.29 is 9.53 Å². The summed E-state index contributed by atoms with van der Waals surface area (Å²) in [4.78, 5) is 24.2. The minimum Gasteiger partial charge on any atom is -0.495 e. The molecule has 1 aromatic heterocycles. The minimum absolute atomic E-state index is 0.0874. The number of nitrogens with zero attached hydrogens (tertiary/aromatic N) is 3. The Morgan fingerprint density at radius 3 is 2.79 bits per heavy atom. The lowest BCUT2D eigenvalue weighted by Crippen LogP contribution is -2.26. The van der Waals surface area contributed by atoms with Gasteiger partial charge in [0.15, 0.2) is 0 Å². The predicted molar refractivity (Wildman–Crippen MR) is 132 cm³/mol. The summed E-state index contributed by atoms with van der Waals surface area (Å²) in [5.41, 5.74) is 3.41. The van der Waals surface area contributed by atoms with Crippen LogP contribution in [0.2, 0.25) is 0 Å². The summed E-state index contributed by atoms with van der Waals surface area (Å²) >= 11 is 0. The molecule has 0 saturated carbocycles. The number of nitrogens with one attached hydrogen (secondary N) is 2. The molecule has 1 saturated heterocycles. The molecule has 0 radical (unpaired) electrons. The number of likely N-dealkylation sites (tertiary alicyclic amines) is 1. The number of fused-ring (bicyclic) bond motifs is 1. The van der Waals surface area contributed by atoms with Crippen molar-refractivity contribution in [2.45, 2.75) is 39.0 Å². The fourth-order valence-electron chi connectivity index (χ4n) is 4.29. The molecule has 2 aromatic carbocycles. The molecule has 3 aromatic rings. The van der Waals surface area contributed by atoms with E-state index < -0.39 is 0 Å². The number of aromatic nitrogens is 2. The van der Waals surface area contributed by atoms with Gasteiger partial charge in [0.2, 0.25) is 5.95 Å². The third kappa shape index (κ3) is 5.79. The highest BCUT2D eigenvalue weighted by molar-refractivity contribution is 5.95. The van der Waals surface area contributed by atoms with Gasteiger partial charge in [-0.1, -0.05) is 25.1 Å². The summed E-state index contributed by atoms with van der Waals surface area (Å²) in [6.07, 6.45) is 7.45. The highest BCUT2D eigenvalue weighted by Gasteiger charge is 2.13. The van der Waals surface area contributed by atoms with E-state index in [0.29, 0.717) is 29.5 Å². The van der Waals surface area contributed by atoms with Gasteiger partial charge in [-0.2, -0.15) is 0 Å². The van der Waals surface area contributed by atoms with Crippen molar-refractivity contribution in [2.75, 3.05) is 38.6 Å². The number of benzene rings is 2. The van der Waals surface area contributed by atoms with Crippen LogP contribution < -0.4 is 15.4 Å². The molecule has 0 atom stereocenters. The van der Waals surface area contributed by atoms with E-state index in [4.69, 9.17) is 9.72 Å². The zero-order chi connectivity index (χ0) is 23.0. The van der Waals surface area contributed by atoms with Crippen LogP contribution in [0.15, 0.2) is 42.6 Å². The molecule has 7 nitrogen and oxygen atoms in total. The molecule has 7 heteroatoms. The standard InChI is InChI=1S/C26H33N5O2/c1-3-19-9-8-10-21-18-28-26(30-24(19)21)29-22-12-11-20(17-23(22)33-2)25(32)27-13-4-5-14-31-15-6-7-16-31/h8-12,17-18H,3-7,13-16H2,1-2H3,(H,27,32)(H,28,29,30). The van der Waals surface area contributed by atoms with E-state index in [1.54, 1.807) is 19.2 Å². The number of rotatable bonds is 10. The first kappa shape index (κ1) is 23.0. The van der Waals surface area contributed by atoms with Crippen molar-refractivity contribution in [3.05, 3.63) is 53.7 Å². The summed E-state index contributed by atoms with van der Waals surface area (Å²) in [7, 11) is 1.59. The van der Waals surface area contributed by atoms with Gasteiger partial charge >= 0.3 is 0 Å². The Hall–Kier alpha value is -3.19. The molecular weight excluding hydrogens is 414 g/mol. The second-order valence-electron chi connectivity index (χ2n) is 8.45. The van der Waals surface area contributed by atoms with Crippen LogP contribution in [0, 0.1) is 0 Å². The molecule has 174 valence electrons. The van der Waals surface area contributed by atoms with Crippen LogP contribution in [-0.2, 0) is 6.42 Å². The molecule has 1 aliphatic rings. The maximum atomic E-state index is 12.6. The Morgan fingerprint density at radius 1 is 1.15 bits per heavy atom. The van der Waals surface area contributed by atoms with Gasteiger partial charge in [0.25, 0.3) is 5.91 Å². The Bertz CT molecular complexity index is 1100. The molecule has 33 heavy (non-hydrogen) atoms. The SMILES string of the molecule is CCc1cccc2cnc(Nc3ccc(C(=O)NCCCCN4CCCC4)cc3OC)nc12. The quantitative estimate of drug-likeness (QED) is 0.444. The molecule has 0 aliphatic carbocycles. The zero-order valence-electron chi connectivity index (χ0n) is 19.6. The second-order valence-corrected chi connectivity index (χ2v) is 8.45. The number of aryl methyl sites for hydroxylation is 1. The topological polar surface area (TPSA) is 79.4 Å². The van der Waals surface area contributed by atoms with Crippen molar-refractivity contribution in [2.24, 2.45) is 0 Å². The van der Waals surface area contributed by atoms with Crippen LogP contribution in [0.25, 0.3) is 10.9 Å². The summed E-state index contributed by atoms with van der Waals surface area (Å²) in [5, 5.41) is 7.27. The lowest BCUT2D eigenvalue weighted by molar-refractivity contribution is 0.0952. The highest BCUT2D eigenvalue weighted by atomic mass is 16.5. The number of para-hydroxylation sites is 1. The number of unbranched alkanes of at least 4 members (excludes halogenated alkanes) is 1. The number of carbonyl (C=O) groups excluding carboxylic acids is 1. The van der Waals surface area contributed by atoms with Crippen molar-refractivity contribution in [3.63, 3.8) is 0 Å². The van der Waals surface area contributed by atoms with Gasteiger partial charge in [-0.15, -0.1) is 0 Å². The summed E-state index contributed by atoms with van der Waals surface area (Å²) in [6, 6.07) is 11.5. The Morgan fingerprint density at radius 2 is 2.00 bits per heavy atom. The van der Waals surface area contributed by atoms with Gasteiger partial charge in [-0.3, -0.25) is 4.79 Å². The maximum absolute atomic E-state index is 12.6. The third-order valence-electron chi connectivity index (χ3n) is 6.17. The van der Waals surface area contributed by atoms with Gasteiger partial charge in [0.1, 0.15) is 5.75 Å². The van der Waals surface area contributed by atoms with E-state index in [9.17, 15) is 4.79 Å². The number of methoxy groups -OCH3 is 1. The number of amides is 1. The van der Waals surface area contributed by atoms with Gasteiger partial charge in [-0.05, 0) is 75.5 Å². The predicted octanol–water partition coefficient (Wildman–Crippen LogP) is 4.55. The number of anilines is 2. The van der Waals surface area contributed by atoms with Gasteiger partial charge in [-0.25, -0.2) is 9.97 Å². The van der Waals surface area contributed by atoms with Crippen LogP contribution >= 0.6 is 0 Å². The first-order valence-electron chi connectivity index (χ1n) is 11.9. The molecule has 0 unspecified atom stereocenters. The lowest BCUT2D eigenvalue weighted by Gasteiger charge is -2.14. The van der Waals surface area contributed by atoms with E-state index in [1.807, 2.05) is 24.4 Å². The van der Waals surface area contributed by atoms with Crippen LogP contribution in [0.1, 0.15) is 48.5 Å². The number of carbonyl (C=O) groups is 1. The number of hydrogen-bond acceptors (Lipinski definition) is 6. The molecule has 2 heterocycles. The molecule has 2 N–H and O–H groups in total. The highest BCUT2D eigenvalue weighted by Crippen LogP contribution is 2.28. The van der Waals surface area contributed by atoms with Crippen molar-refractivity contribution >= 4 is 28.4 Å². The molecular formula is C26H33N5O2. The fourth-order valence-corrected chi connectivity index (χ4v) is 4.29. The molecule has 4 rings (SSSR count). The molecule has 1 aliphatic heterocycles. The van der Waals surface area contributed by atoms with E-state index >= 15 is 0 Å². The summed E-state index contributed by atoms with van der Waals surface area (Å²) < 4.78 is 5.54. The largest absolute Gasteiger partial charge is 0.495 e. The van der Waals surface area contributed by atoms with E-state index in [1.165, 1.54) is 31.5 Å². The third-order valence-corrected chi connectivity index (χ3v) is 6.17. The van der Waals surface area contributed by atoms with E-state index in [2.05, 4.69) is 33.5 Å². The molecule has 1 amide bonds. The van der Waals surface area contributed by atoms with Crippen molar-refractivity contribution in [1.82, 2.24) is 20.2 Å². The Kier molecular flexibility index (Phi) is 7.73. The van der Waals surface area contributed by atoms with E-state index in [0.717, 1.165) is 36.7 Å². The van der Waals surface area contributed by atoms with Crippen LogP contribution in [-0.4, -0.2) is 54.1 Å². The van der Waals surface area contributed by atoms with Gasteiger partial charge in [0.05, 0.1) is 18.3 Å². The van der Waals surface area contributed by atoms with E-state index in [-0.39, 0.29) is 5.91 Å². The minimum atomic E-state index is -0.0874. The first-order valence-corrected chi connectivity index (χ1v) is 11.9. The second kappa shape index (κ2) is 11.1. The summed E-state index contributed by atoms with van der Waals surface area (Å²) in [6.45, 7) is 6.36. The Labute approximate surface area is 195 Å². The maximum Gasteiger partial charge on any atom is 0.251 e. The summed E-state index contributed by atoms with van der Waals surface area (Å²) in [5.74, 6) is 0.983. The number of hydrogen-bond donors (Lipinski definition) is 2. The smallest absolute Gasteiger partial charge is 0.251 e. The molecule has 1 fully saturated rings. The van der Waals surface area contributed by atoms with Crippen molar-refractivity contribution in [1.29, 1.82) is 0 Å². The van der Waals surface area contributed by atoms with Crippen molar-refractivity contribution in [3.8, 4) is 5.75 Å². The average Bonchev–Trinajstić information content (AvgIpc) is 3.37. The monoisotopic (exact) mass is 447 g/mol. The average molecular weight is 448 g/mol. The first-order chi connectivity index (χ1) is 16.2. The Balaban J connectivity index is 1.37. The van der Waals surface area contributed by atoms with Crippen LogP contribution in [0.5, 0.6) is 5.75 Å². The van der Waals surface area contributed by atoms with Gasteiger partial charge < -0.3 is 20.3 Å². The normalized spacial score (nSPS) is 13.9. The fraction of sp³-hybridized carbons (Fsp3) is 0.423. The lowest BCUT2D eigenvalue weighted by atomic mass is 10.1. The van der Waals surface area contributed by atoms with Crippen LogP contribution in [0.4, 0.5) is 11.6 Å². The zero-order valence-corrected chi connectivity index (χ0v) is 19.6. The molecule has 0 spiro atoms. The van der Waals surface area contributed by atoms with Crippen LogP contribution in [0.3, 0.4) is 0 Å². The van der Waals surface area contributed by atoms with Gasteiger partial charge in [0, 0.05) is 23.7 Å². The molecule has 0 bridgehead atoms. The number of ether oxygens (including phenoxy) is 1.